The van der Waals surface area contributed by atoms with Crippen LogP contribution < -0.4 is 4.90 Å². The lowest BCUT2D eigenvalue weighted by atomic mass is 9.94. The second-order valence-corrected chi connectivity index (χ2v) is 7.95. The molecule has 7 nitrogen and oxygen atoms in total. The van der Waals surface area contributed by atoms with Gasteiger partial charge in [-0.2, -0.15) is 4.98 Å². The van der Waals surface area contributed by atoms with Crippen molar-refractivity contribution in [3.8, 4) is 0 Å². The van der Waals surface area contributed by atoms with Crippen molar-refractivity contribution in [3.05, 3.63) is 17.8 Å². The highest BCUT2D eigenvalue weighted by molar-refractivity contribution is 5.79. The molecule has 28 heavy (non-hydrogen) atoms. The molecule has 0 bridgehead atoms. The van der Waals surface area contributed by atoms with Gasteiger partial charge in [0.1, 0.15) is 0 Å². The maximum absolute atomic E-state index is 13.0. The van der Waals surface area contributed by atoms with Gasteiger partial charge in [-0.05, 0) is 51.2 Å². The highest BCUT2D eigenvalue weighted by Gasteiger charge is 2.32. The molecule has 7 heteroatoms. The first kappa shape index (κ1) is 19.2. The van der Waals surface area contributed by atoms with Gasteiger partial charge in [-0.25, -0.2) is 4.98 Å². The summed E-state index contributed by atoms with van der Waals surface area (Å²) in [5, 5.41) is 0. The lowest BCUT2D eigenvalue weighted by molar-refractivity contribution is -0.140. The summed E-state index contributed by atoms with van der Waals surface area (Å²) in [4.78, 5) is 26.1. The summed E-state index contributed by atoms with van der Waals surface area (Å²) in [6.07, 6.45) is 4.99. The third-order valence-electron chi connectivity index (χ3n) is 5.74. The van der Waals surface area contributed by atoms with E-state index < -0.39 is 0 Å². The van der Waals surface area contributed by atoms with Gasteiger partial charge >= 0.3 is 0 Å². The average Bonchev–Trinajstić information content (AvgIpc) is 3.15. The van der Waals surface area contributed by atoms with E-state index in [4.69, 9.17) is 9.15 Å². The van der Waals surface area contributed by atoms with Gasteiger partial charge in [-0.3, -0.25) is 4.79 Å². The van der Waals surface area contributed by atoms with Crippen molar-refractivity contribution in [2.24, 2.45) is 5.92 Å². The standard InChI is InChI=1S/C21H30N4O3/c1-3-13-27-17-5-4-10-25(14-17)20(26)16-8-11-24(12-9-16)21-23-19-18(28-21)7-6-15(2)22-19/h6-7,16-17H,3-5,8-14H2,1-2H3. The van der Waals surface area contributed by atoms with Crippen LogP contribution in [-0.4, -0.2) is 59.7 Å². The molecule has 2 fully saturated rings. The minimum absolute atomic E-state index is 0.0888. The summed E-state index contributed by atoms with van der Waals surface area (Å²) in [5.41, 5.74) is 2.30. The number of ether oxygens (including phenoxy) is 1. The van der Waals surface area contributed by atoms with E-state index in [-0.39, 0.29) is 12.0 Å². The van der Waals surface area contributed by atoms with Crippen LogP contribution in [-0.2, 0) is 9.53 Å². The van der Waals surface area contributed by atoms with Crippen LogP contribution in [0.15, 0.2) is 16.5 Å². The monoisotopic (exact) mass is 386 g/mol. The number of rotatable bonds is 5. The van der Waals surface area contributed by atoms with E-state index in [1.807, 2.05) is 24.0 Å². The van der Waals surface area contributed by atoms with Crippen LogP contribution in [0.25, 0.3) is 11.2 Å². The fraction of sp³-hybridized carbons (Fsp3) is 0.667. The summed E-state index contributed by atoms with van der Waals surface area (Å²) in [6, 6.07) is 4.46. The summed E-state index contributed by atoms with van der Waals surface area (Å²) in [7, 11) is 0. The Kier molecular flexibility index (Phi) is 5.80. The molecule has 2 aliphatic heterocycles. The van der Waals surface area contributed by atoms with Crippen molar-refractivity contribution in [1.82, 2.24) is 14.9 Å². The summed E-state index contributed by atoms with van der Waals surface area (Å²) in [5.74, 6) is 0.380. The van der Waals surface area contributed by atoms with Crippen LogP contribution in [0.1, 0.15) is 44.7 Å². The molecule has 2 aromatic rings. The number of piperidine rings is 2. The van der Waals surface area contributed by atoms with Gasteiger partial charge < -0.3 is 19.0 Å². The molecule has 2 saturated heterocycles. The molecule has 4 heterocycles. The molecule has 0 radical (unpaired) electrons. The Bertz CT molecular complexity index is 813. The summed E-state index contributed by atoms with van der Waals surface area (Å²) >= 11 is 0. The lowest BCUT2D eigenvalue weighted by Gasteiger charge is -2.37. The molecule has 0 aromatic carbocycles. The number of hydrogen-bond donors (Lipinski definition) is 0. The Balaban J connectivity index is 1.33. The van der Waals surface area contributed by atoms with Crippen molar-refractivity contribution in [2.45, 2.75) is 52.1 Å². The first-order valence-corrected chi connectivity index (χ1v) is 10.5. The van der Waals surface area contributed by atoms with Crippen LogP contribution in [0.2, 0.25) is 0 Å². The first-order valence-electron chi connectivity index (χ1n) is 10.5. The molecule has 2 aliphatic rings. The predicted molar refractivity (Wildman–Crippen MR) is 107 cm³/mol. The zero-order chi connectivity index (χ0) is 19.5. The van der Waals surface area contributed by atoms with Crippen molar-refractivity contribution in [2.75, 3.05) is 37.7 Å². The van der Waals surface area contributed by atoms with Gasteiger partial charge in [-0.1, -0.05) is 6.92 Å². The second kappa shape index (κ2) is 8.47. The fourth-order valence-corrected chi connectivity index (χ4v) is 4.17. The molecule has 0 saturated carbocycles. The van der Waals surface area contributed by atoms with Crippen molar-refractivity contribution in [3.63, 3.8) is 0 Å². The van der Waals surface area contributed by atoms with Gasteiger partial charge in [0.25, 0.3) is 6.01 Å². The second-order valence-electron chi connectivity index (χ2n) is 7.95. The van der Waals surface area contributed by atoms with E-state index >= 15 is 0 Å². The van der Waals surface area contributed by atoms with E-state index in [1.54, 1.807) is 0 Å². The van der Waals surface area contributed by atoms with Gasteiger partial charge in [0.15, 0.2) is 5.58 Å². The van der Waals surface area contributed by atoms with Gasteiger partial charge in [0.2, 0.25) is 11.6 Å². The third kappa shape index (κ3) is 4.14. The Morgan fingerprint density at radius 1 is 1.21 bits per heavy atom. The molecule has 4 rings (SSSR count). The van der Waals surface area contributed by atoms with E-state index in [1.165, 1.54) is 0 Å². The molecule has 1 atom stereocenters. The van der Waals surface area contributed by atoms with Crippen LogP contribution in [0, 0.1) is 12.8 Å². The molecule has 0 aliphatic carbocycles. The topological polar surface area (TPSA) is 71.7 Å². The number of fused-ring (bicyclic) bond motifs is 1. The molecule has 152 valence electrons. The fourth-order valence-electron chi connectivity index (χ4n) is 4.17. The Morgan fingerprint density at radius 3 is 2.82 bits per heavy atom. The Labute approximate surface area is 166 Å². The van der Waals surface area contributed by atoms with Crippen molar-refractivity contribution >= 4 is 23.2 Å². The minimum atomic E-state index is 0.0888. The average molecular weight is 386 g/mol. The van der Waals surface area contributed by atoms with Crippen LogP contribution in [0.5, 0.6) is 0 Å². The molecule has 0 N–H and O–H groups in total. The van der Waals surface area contributed by atoms with Gasteiger partial charge in [0, 0.05) is 44.4 Å². The maximum atomic E-state index is 13.0. The van der Waals surface area contributed by atoms with Gasteiger partial charge in [0.05, 0.1) is 6.10 Å². The summed E-state index contributed by atoms with van der Waals surface area (Å²) in [6.45, 7) is 8.02. The number of oxazole rings is 1. The number of amides is 1. The predicted octanol–water partition coefficient (Wildman–Crippen LogP) is 3.17. The molecular weight excluding hydrogens is 356 g/mol. The first-order chi connectivity index (χ1) is 13.6. The van der Waals surface area contributed by atoms with Crippen molar-refractivity contribution in [1.29, 1.82) is 0 Å². The molecule has 0 spiro atoms. The van der Waals surface area contributed by atoms with Crippen LogP contribution in [0.4, 0.5) is 6.01 Å². The molecule has 1 amide bonds. The molecule has 1 unspecified atom stereocenters. The van der Waals surface area contributed by atoms with E-state index in [2.05, 4.69) is 21.8 Å². The normalized spacial score (nSPS) is 21.4. The van der Waals surface area contributed by atoms with Gasteiger partial charge in [-0.15, -0.1) is 0 Å². The summed E-state index contributed by atoms with van der Waals surface area (Å²) < 4.78 is 11.7. The number of hydrogen-bond acceptors (Lipinski definition) is 6. The quantitative estimate of drug-likeness (QED) is 0.786. The zero-order valence-electron chi connectivity index (χ0n) is 16.9. The zero-order valence-corrected chi connectivity index (χ0v) is 16.9. The van der Waals surface area contributed by atoms with Crippen molar-refractivity contribution < 1.29 is 13.9 Å². The third-order valence-corrected chi connectivity index (χ3v) is 5.74. The Morgan fingerprint density at radius 2 is 2.04 bits per heavy atom. The number of carbonyl (C=O) groups excluding carboxylic acids is 1. The minimum Gasteiger partial charge on any atom is -0.422 e. The number of anilines is 1. The molecule has 2 aromatic heterocycles. The van der Waals surface area contributed by atoms with E-state index in [9.17, 15) is 4.79 Å². The highest BCUT2D eigenvalue weighted by Crippen LogP contribution is 2.27. The Hall–Kier alpha value is -2.15. The number of pyridine rings is 1. The highest BCUT2D eigenvalue weighted by atomic mass is 16.5. The maximum Gasteiger partial charge on any atom is 0.299 e. The van der Waals surface area contributed by atoms with E-state index in [0.29, 0.717) is 23.2 Å². The largest absolute Gasteiger partial charge is 0.422 e. The SMILES string of the molecule is CCCOC1CCCN(C(=O)C2CCN(c3nc4nc(C)ccc4o3)CC2)C1. The van der Waals surface area contributed by atoms with Crippen LogP contribution in [0.3, 0.4) is 0 Å². The smallest absolute Gasteiger partial charge is 0.299 e. The number of aromatic nitrogens is 2. The number of nitrogens with zero attached hydrogens (tertiary/aromatic N) is 4. The number of likely N-dealkylation sites (tertiary alicyclic amines) is 1. The lowest BCUT2D eigenvalue weighted by Crippen LogP contribution is -2.48. The number of carbonyl (C=O) groups is 1. The molecular formula is C21H30N4O3. The van der Waals surface area contributed by atoms with Crippen LogP contribution >= 0.6 is 0 Å². The van der Waals surface area contributed by atoms with E-state index in [0.717, 1.165) is 70.6 Å². The number of aryl methyl sites for hydroxylation is 1.